The average molecular weight is 493 g/mol. The van der Waals surface area contributed by atoms with E-state index in [-0.39, 0.29) is 28.1 Å². The van der Waals surface area contributed by atoms with Gasteiger partial charge in [-0.25, -0.2) is 0 Å². The average Bonchev–Trinajstić information content (AvgIpc) is 2.77. The zero-order valence-electron chi connectivity index (χ0n) is 18.5. The summed E-state index contributed by atoms with van der Waals surface area (Å²) < 4.78 is 0. The van der Waals surface area contributed by atoms with Crippen molar-refractivity contribution >= 4 is 46.4 Å². The van der Waals surface area contributed by atoms with Crippen molar-refractivity contribution in [3.05, 3.63) is 68.2 Å². The third kappa shape index (κ3) is 6.15. The fourth-order valence-corrected chi connectivity index (χ4v) is 4.37. The number of nitro groups is 1. The first kappa shape index (κ1) is 24.8. The summed E-state index contributed by atoms with van der Waals surface area (Å²) in [5.74, 6) is -0.438. The zero-order valence-corrected chi connectivity index (χ0v) is 20.0. The van der Waals surface area contributed by atoms with E-state index >= 15 is 0 Å². The van der Waals surface area contributed by atoms with Crippen molar-refractivity contribution in [1.82, 2.24) is 10.2 Å². The number of benzene rings is 2. The largest absolute Gasteiger partial charge is 0.362 e. The van der Waals surface area contributed by atoms with Gasteiger partial charge in [0.1, 0.15) is 11.7 Å². The number of carbonyl (C=O) groups excluding carboxylic acids is 2. The van der Waals surface area contributed by atoms with E-state index in [0.29, 0.717) is 43.3 Å². The molecule has 1 atom stereocenters. The minimum atomic E-state index is -0.707. The SMILES string of the molecule is CC(C)CC(NC(=O)c1ccc(Cl)cc1Cl)C(=O)N1CCN(c2ccccc2[N+](=O)[O-])CC1. The molecule has 0 spiro atoms. The second-order valence-electron chi connectivity index (χ2n) is 8.34. The van der Waals surface area contributed by atoms with Gasteiger partial charge in [-0.1, -0.05) is 49.2 Å². The van der Waals surface area contributed by atoms with Crippen LogP contribution in [-0.2, 0) is 4.79 Å². The molecule has 2 aromatic rings. The van der Waals surface area contributed by atoms with Gasteiger partial charge in [0.15, 0.2) is 0 Å². The Morgan fingerprint density at radius 1 is 1.09 bits per heavy atom. The van der Waals surface area contributed by atoms with Crippen LogP contribution in [0.2, 0.25) is 10.0 Å². The third-order valence-electron chi connectivity index (χ3n) is 5.50. The lowest BCUT2D eigenvalue weighted by Gasteiger charge is -2.37. The summed E-state index contributed by atoms with van der Waals surface area (Å²) in [7, 11) is 0. The van der Waals surface area contributed by atoms with E-state index < -0.39 is 16.9 Å². The second-order valence-corrected chi connectivity index (χ2v) is 9.18. The van der Waals surface area contributed by atoms with Crippen molar-refractivity contribution in [3.8, 4) is 0 Å². The van der Waals surface area contributed by atoms with Gasteiger partial charge >= 0.3 is 0 Å². The summed E-state index contributed by atoms with van der Waals surface area (Å²) in [5.41, 5.74) is 0.838. The van der Waals surface area contributed by atoms with Gasteiger partial charge in [0.25, 0.3) is 11.6 Å². The standard InChI is InChI=1S/C23H26Cl2N4O4/c1-15(2)13-19(26-22(30)17-8-7-16(24)14-18(17)25)23(31)28-11-9-27(10-12-28)20-5-3-4-6-21(20)29(32)33/h3-8,14-15,19H,9-13H2,1-2H3,(H,26,30). The first-order valence-electron chi connectivity index (χ1n) is 10.7. The number of anilines is 1. The van der Waals surface area contributed by atoms with E-state index in [0.717, 1.165) is 0 Å². The third-order valence-corrected chi connectivity index (χ3v) is 6.04. The maximum Gasteiger partial charge on any atom is 0.292 e. The molecule has 1 aliphatic heterocycles. The van der Waals surface area contributed by atoms with Gasteiger partial charge in [0, 0.05) is 37.3 Å². The van der Waals surface area contributed by atoms with Crippen LogP contribution in [-0.4, -0.2) is 53.9 Å². The summed E-state index contributed by atoms with van der Waals surface area (Å²) in [6.45, 7) is 5.68. The van der Waals surface area contributed by atoms with Crippen LogP contribution in [0.4, 0.5) is 11.4 Å². The molecule has 1 fully saturated rings. The Balaban J connectivity index is 1.69. The fraction of sp³-hybridized carbons (Fsp3) is 0.391. The highest BCUT2D eigenvalue weighted by Crippen LogP contribution is 2.28. The highest BCUT2D eigenvalue weighted by atomic mass is 35.5. The maximum absolute atomic E-state index is 13.3. The first-order chi connectivity index (χ1) is 15.7. The Labute approximate surface area is 202 Å². The molecule has 3 rings (SSSR count). The lowest BCUT2D eigenvalue weighted by atomic mass is 10.0. The number of hydrogen-bond acceptors (Lipinski definition) is 5. The van der Waals surface area contributed by atoms with Gasteiger partial charge in [0.05, 0.1) is 15.5 Å². The van der Waals surface area contributed by atoms with Crippen molar-refractivity contribution in [3.63, 3.8) is 0 Å². The lowest BCUT2D eigenvalue weighted by molar-refractivity contribution is -0.384. The van der Waals surface area contributed by atoms with Crippen LogP contribution in [0.25, 0.3) is 0 Å². The number of hydrogen-bond donors (Lipinski definition) is 1. The van der Waals surface area contributed by atoms with Crippen LogP contribution in [0, 0.1) is 16.0 Å². The quantitative estimate of drug-likeness (QED) is 0.456. The monoisotopic (exact) mass is 492 g/mol. The molecule has 8 nitrogen and oxygen atoms in total. The normalized spacial score (nSPS) is 14.8. The molecule has 2 aromatic carbocycles. The molecule has 2 amide bonds. The van der Waals surface area contributed by atoms with Crippen molar-refractivity contribution in [2.24, 2.45) is 5.92 Å². The van der Waals surface area contributed by atoms with Crippen LogP contribution < -0.4 is 10.2 Å². The highest BCUT2D eigenvalue weighted by molar-refractivity contribution is 6.36. The highest BCUT2D eigenvalue weighted by Gasteiger charge is 2.31. The molecule has 33 heavy (non-hydrogen) atoms. The van der Waals surface area contributed by atoms with Gasteiger partial charge in [0.2, 0.25) is 5.91 Å². The summed E-state index contributed by atoms with van der Waals surface area (Å²) >= 11 is 12.1. The molecule has 1 N–H and O–H groups in total. The minimum Gasteiger partial charge on any atom is -0.362 e. The number of piperazine rings is 1. The van der Waals surface area contributed by atoms with Crippen molar-refractivity contribution in [2.75, 3.05) is 31.1 Å². The summed E-state index contributed by atoms with van der Waals surface area (Å²) in [5, 5.41) is 14.8. The van der Waals surface area contributed by atoms with Crippen LogP contribution >= 0.6 is 23.2 Å². The Morgan fingerprint density at radius 2 is 1.76 bits per heavy atom. The van der Waals surface area contributed by atoms with E-state index in [2.05, 4.69) is 5.32 Å². The topological polar surface area (TPSA) is 95.8 Å². The zero-order chi connectivity index (χ0) is 24.1. The molecule has 1 saturated heterocycles. The van der Waals surface area contributed by atoms with E-state index in [9.17, 15) is 19.7 Å². The van der Waals surface area contributed by atoms with Crippen molar-refractivity contribution < 1.29 is 14.5 Å². The molecule has 176 valence electrons. The number of para-hydroxylation sites is 2. The molecule has 0 aliphatic carbocycles. The van der Waals surface area contributed by atoms with Crippen LogP contribution in [0.5, 0.6) is 0 Å². The predicted octanol–water partition coefficient (Wildman–Crippen LogP) is 4.39. The molecule has 1 aliphatic rings. The number of halogens is 2. The lowest BCUT2D eigenvalue weighted by Crippen LogP contribution is -2.55. The van der Waals surface area contributed by atoms with E-state index in [1.54, 1.807) is 29.2 Å². The summed E-state index contributed by atoms with van der Waals surface area (Å²) in [4.78, 5) is 40.7. The predicted molar refractivity (Wildman–Crippen MR) is 129 cm³/mol. The maximum atomic E-state index is 13.3. The molecular weight excluding hydrogens is 467 g/mol. The van der Waals surface area contributed by atoms with Gasteiger partial charge in [-0.05, 0) is 36.6 Å². The van der Waals surface area contributed by atoms with E-state index in [1.807, 2.05) is 18.7 Å². The number of rotatable bonds is 7. The number of nitro benzene ring substituents is 1. The van der Waals surface area contributed by atoms with Crippen molar-refractivity contribution in [1.29, 1.82) is 0 Å². The van der Waals surface area contributed by atoms with Gasteiger partial charge in [-0.2, -0.15) is 0 Å². The number of carbonyl (C=O) groups is 2. The molecule has 10 heteroatoms. The molecule has 0 radical (unpaired) electrons. The second kappa shape index (κ2) is 10.9. The van der Waals surface area contributed by atoms with Crippen molar-refractivity contribution in [2.45, 2.75) is 26.3 Å². The van der Waals surface area contributed by atoms with E-state index in [4.69, 9.17) is 23.2 Å². The Kier molecular flexibility index (Phi) is 8.15. The Morgan fingerprint density at radius 3 is 2.36 bits per heavy atom. The van der Waals surface area contributed by atoms with Gasteiger partial charge < -0.3 is 15.1 Å². The molecule has 0 bridgehead atoms. The molecule has 1 unspecified atom stereocenters. The Bertz CT molecular complexity index is 1040. The van der Waals surface area contributed by atoms with Gasteiger partial charge in [-0.3, -0.25) is 19.7 Å². The number of nitrogens with zero attached hydrogens (tertiary/aromatic N) is 3. The number of amides is 2. The van der Waals surface area contributed by atoms with Crippen LogP contribution in [0.15, 0.2) is 42.5 Å². The molecule has 0 saturated carbocycles. The minimum absolute atomic E-state index is 0.0436. The van der Waals surface area contributed by atoms with Crippen LogP contribution in [0.1, 0.15) is 30.6 Å². The van der Waals surface area contributed by atoms with E-state index in [1.165, 1.54) is 18.2 Å². The summed E-state index contributed by atoms with van der Waals surface area (Å²) in [6.07, 6.45) is 0.472. The van der Waals surface area contributed by atoms with Crippen LogP contribution in [0.3, 0.4) is 0 Å². The summed E-state index contributed by atoms with van der Waals surface area (Å²) in [6, 6.07) is 10.5. The fourth-order valence-electron chi connectivity index (χ4n) is 3.88. The van der Waals surface area contributed by atoms with Gasteiger partial charge in [-0.15, -0.1) is 0 Å². The molecular formula is C23H26Cl2N4O4. The number of nitrogens with one attached hydrogen (secondary N) is 1. The molecule has 1 heterocycles. The Hall–Kier alpha value is -2.84. The molecule has 0 aromatic heterocycles. The smallest absolute Gasteiger partial charge is 0.292 e. The first-order valence-corrected chi connectivity index (χ1v) is 11.5.